The lowest BCUT2D eigenvalue weighted by atomic mass is 10.1. The van der Waals surface area contributed by atoms with Crippen LogP contribution in [0.3, 0.4) is 0 Å². The highest BCUT2D eigenvalue weighted by Gasteiger charge is 2.27. The molecule has 0 fully saturated rings. The van der Waals surface area contributed by atoms with Crippen molar-refractivity contribution in [2.24, 2.45) is 7.05 Å². The monoisotopic (exact) mass is 308 g/mol. The van der Waals surface area contributed by atoms with Gasteiger partial charge in [-0.15, -0.1) is 0 Å². The van der Waals surface area contributed by atoms with Crippen LogP contribution < -0.4 is 5.32 Å². The summed E-state index contributed by atoms with van der Waals surface area (Å²) in [4.78, 5) is 10.9. The van der Waals surface area contributed by atoms with Crippen LogP contribution in [0.4, 0.5) is 11.5 Å². The summed E-state index contributed by atoms with van der Waals surface area (Å²) in [6.07, 6.45) is 0.506. The van der Waals surface area contributed by atoms with Gasteiger partial charge < -0.3 is 5.32 Å². The zero-order valence-electron chi connectivity index (χ0n) is 12.1. The minimum Gasteiger partial charge on any atom is -0.358 e. The van der Waals surface area contributed by atoms with E-state index in [-0.39, 0.29) is 11.7 Å². The number of hydrogen-bond acceptors (Lipinski definition) is 4. The SMILES string of the molecule is CCc1nn(C)c(NC(C)c2ccccc2Cl)c1[N+](=O)[O-]. The fraction of sp³-hybridized carbons (Fsp3) is 0.357. The third-order valence-corrected chi connectivity index (χ3v) is 3.68. The van der Waals surface area contributed by atoms with Crippen LogP contribution in [0.25, 0.3) is 0 Å². The van der Waals surface area contributed by atoms with Crippen molar-refractivity contribution in [2.75, 3.05) is 5.32 Å². The van der Waals surface area contributed by atoms with E-state index in [4.69, 9.17) is 11.6 Å². The van der Waals surface area contributed by atoms with E-state index in [9.17, 15) is 10.1 Å². The molecule has 1 heterocycles. The van der Waals surface area contributed by atoms with Gasteiger partial charge in [-0.2, -0.15) is 5.10 Å². The highest BCUT2D eigenvalue weighted by atomic mass is 35.5. The molecule has 1 aromatic carbocycles. The van der Waals surface area contributed by atoms with E-state index in [0.717, 1.165) is 5.56 Å². The Morgan fingerprint density at radius 3 is 2.71 bits per heavy atom. The highest BCUT2D eigenvalue weighted by molar-refractivity contribution is 6.31. The Labute approximate surface area is 127 Å². The highest BCUT2D eigenvalue weighted by Crippen LogP contribution is 2.32. The maximum absolute atomic E-state index is 11.3. The third-order valence-electron chi connectivity index (χ3n) is 3.33. The number of benzene rings is 1. The summed E-state index contributed by atoms with van der Waals surface area (Å²) in [5.74, 6) is 0.393. The van der Waals surface area contributed by atoms with Crippen LogP contribution in [0.5, 0.6) is 0 Å². The van der Waals surface area contributed by atoms with E-state index < -0.39 is 4.92 Å². The molecule has 21 heavy (non-hydrogen) atoms. The summed E-state index contributed by atoms with van der Waals surface area (Å²) in [5.41, 5.74) is 1.38. The van der Waals surface area contributed by atoms with Crippen LogP contribution in [0.15, 0.2) is 24.3 Å². The normalized spacial score (nSPS) is 12.2. The van der Waals surface area contributed by atoms with Gasteiger partial charge >= 0.3 is 5.69 Å². The van der Waals surface area contributed by atoms with E-state index in [0.29, 0.717) is 23.0 Å². The number of hydrogen-bond donors (Lipinski definition) is 1. The first-order valence-corrected chi connectivity index (χ1v) is 7.04. The third kappa shape index (κ3) is 3.00. The minimum absolute atomic E-state index is 0.0268. The van der Waals surface area contributed by atoms with Gasteiger partial charge in [0.2, 0.25) is 5.82 Å². The molecule has 0 radical (unpaired) electrons. The van der Waals surface area contributed by atoms with Gasteiger partial charge in [0.1, 0.15) is 5.69 Å². The molecule has 112 valence electrons. The molecule has 2 rings (SSSR count). The zero-order chi connectivity index (χ0) is 15.6. The molecular weight excluding hydrogens is 292 g/mol. The Bertz CT molecular complexity index is 669. The number of rotatable bonds is 5. The van der Waals surface area contributed by atoms with Crippen molar-refractivity contribution in [2.45, 2.75) is 26.3 Å². The number of nitrogens with zero attached hydrogens (tertiary/aromatic N) is 3. The molecular formula is C14H17ClN4O2. The second kappa shape index (κ2) is 6.13. The number of nitro groups is 1. The van der Waals surface area contributed by atoms with Gasteiger partial charge in [-0.1, -0.05) is 36.7 Å². The predicted molar refractivity (Wildman–Crippen MR) is 82.7 cm³/mol. The molecule has 0 spiro atoms. The van der Waals surface area contributed by atoms with E-state index >= 15 is 0 Å². The Hall–Kier alpha value is -2.08. The van der Waals surface area contributed by atoms with Crippen LogP contribution >= 0.6 is 11.6 Å². The molecule has 0 amide bonds. The Kier molecular flexibility index (Phi) is 4.47. The van der Waals surface area contributed by atoms with Crippen molar-refractivity contribution in [1.29, 1.82) is 0 Å². The molecule has 1 N–H and O–H groups in total. The van der Waals surface area contributed by atoms with Gasteiger partial charge in [0.25, 0.3) is 0 Å². The van der Waals surface area contributed by atoms with E-state index in [1.807, 2.05) is 32.0 Å². The van der Waals surface area contributed by atoms with Crippen LogP contribution in [0.2, 0.25) is 5.02 Å². The number of aromatic nitrogens is 2. The first-order chi connectivity index (χ1) is 9.95. The van der Waals surface area contributed by atoms with Crippen molar-refractivity contribution < 1.29 is 4.92 Å². The first-order valence-electron chi connectivity index (χ1n) is 6.66. The molecule has 0 aliphatic heterocycles. The molecule has 0 saturated carbocycles. The summed E-state index contributed by atoms with van der Waals surface area (Å²) < 4.78 is 1.50. The lowest BCUT2D eigenvalue weighted by molar-refractivity contribution is -0.384. The van der Waals surface area contributed by atoms with Crippen molar-refractivity contribution in [3.05, 3.63) is 50.7 Å². The number of anilines is 1. The molecule has 7 heteroatoms. The summed E-state index contributed by atoms with van der Waals surface area (Å²) in [5, 5.41) is 19.3. The number of halogens is 1. The Morgan fingerprint density at radius 2 is 2.14 bits per heavy atom. The average Bonchev–Trinajstić information content (AvgIpc) is 2.75. The topological polar surface area (TPSA) is 73.0 Å². The maximum atomic E-state index is 11.3. The van der Waals surface area contributed by atoms with Crippen LogP contribution in [-0.2, 0) is 13.5 Å². The maximum Gasteiger partial charge on any atom is 0.333 e. The van der Waals surface area contributed by atoms with Crippen molar-refractivity contribution in [3.8, 4) is 0 Å². The van der Waals surface area contributed by atoms with Crippen LogP contribution in [0.1, 0.15) is 31.1 Å². The summed E-state index contributed by atoms with van der Waals surface area (Å²) in [6, 6.07) is 7.25. The standard InChI is InChI=1S/C14H17ClN4O2/c1-4-12-13(19(20)21)14(18(3)17-12)16-9(2)10-7-5-6-8-11(10)15/h5-9,16H,4H2,1-3H3. The van der Waals surface area contributed by atoms with Gasteiger partial charge in [-0.05, 0) is 25.0 Å². The molecule has 1 atom stereocenters. The predicted octanol–water partition coefficient (Wildman–Crippen LogP) is 3.72. The fourth-order valence-corrected chi connectivity index (χ4v) is 2.57. The van der Waals surface area contributed by atoms with E-state index in [1.54, 1.807) is 13.1 Å². The summed E-state index contributed by atoms with van der Waals surface area (Å²) in [6.45, 7) is 3.75. The van der Waals surface area contributed by atoms with Gasteiger partial charge in [0.05, 0.1) is 11.0 Å². The molecule has 1 aromatic heterocycles. The van der Waals surface area contributed by atoms with Gasteiger partial charge in [-0.3, -0.25) is 10.1 Å². The van der Waals surface area contributed by atoms with Gasteiger partial charge in [-0.25, -0.2) is 4.68 Å². The fourth-order valence-electron chi connectivity index (χ4n) is 2.27. The van der Waals surface area contributed by atoms with Gasteiger partial charge in [0.15, 0.2) is 0 Å². The van der Waals surface area contributed by atoms with Crippen LogP contribution in [-0.4, -0.2) is 14.7 Å². The Balaban J connectivity index is 2.38. The number of nitrogens with one attached hydrogen (secondary N) is 1. The van der Waals surface area contributed by atoms with E-state index in [1.165, 1.54) is 4.68 Å². The van der Waals surface area contributed by atoms with Crippen molar-refractivity contribution in [1.82, 2.24) is 9.78 Å². The smallest absolute Gasteiger partial charge is 0.333 e. The first kappa shape index (κ1) is 15.3. The molecule has 0 bridgehead atoms. The summed E-state index contributed by atoms with van der Waals surface area (Å²) in [7, 11) is 1.69. The molecule has 0 saturated heterocycles. The second-order valence-corrected chi connectivity index (χ2v) is 5.17. The lowest BCUT2D eigenvalue weighted by Crippen LogP contribution is -2.11. The Morgan fingerprint density at radius 1 is 1.48 bits per heavy atom. The lowest BCUT2D eigenvalue weighted by Gasteiger charge is -2.16. The molecule has 2 aromatic rings. The molecule has 0 aliphatic rings. The molecule has 1 unspecified atom stereocenters. The largest absolute Gasteiger partial charge is 0.358 e. The number of aryl methyl sites for hydroxylation is 2. The molecule has 6 nitrogen and oxygen atoms in total. The van der Waals surface area contributed by atoms with Crippen molar-refractivity contribution in [3.63, 3.8) is 0 Å². The van der Waals surface area contributed by atoms with Crippen molar-refractivity contribution >= 4 is 23.1 Å². The minimum atomic E-state index is -0.395. The zero-order valence-corrected chi connectivity index (χ0v) is 12.9. The second-order valence-electron chi connectivity index (χ2n) is 4.77. The van der Waals surface area contributed by atoms with Gasteiger partial charge in [0, 0.05) is 12.1 Å². The molecule has 0 aliphatic carbocycles. The average molecular weight is 309 g/mol. The van der Waals surface area contributed by atoms with E-state index in [2.05, 4.69) is 10.4 Å². The quantitative estimate of drug-likeness (QED) is 0.675. The van der Waals surface area contributed by atoms with Crippen LogP contribution in [0, 0.1) is 10.1 Å². The summed E-state index contributed by atoms with van der Waals surface area (Å²) >= 11 is 6.16.